The Morgan fingerprint density at radius 3 is 2.59 bits per heavy atom. The zero-order chi connectivity index (χ0) is 12.8. The number of benzene rings is 1. The predicted molar refractivity (Wildman–Crippen MR) is 66.0 cm³/mol. The van der Waals surface area contributed by atoms with Crippen LogP contribution in [0.15, 0.2) is 23.1 Å². The molecule has 0 aliphatic rings. The van der Waals surface area contributed by atoms with E-state index in [4.69, 9.17) is 5.73 Å². The molecule has 1 aromatic carbocycles. The first-order chi connectivity index (χ1) is 8.08. The maximum Gasteiger partial charge on any atom is 0.159 e. The second-order valence-corrected chi connectivity index (χ2v) is 5.18. The molecule has 0 bridgehead atoms. The molecule has 2 nitrogen and oxygen atoms in total. The first kappa shape index (κ1) is 14.4. The molecule has 0 radical (unpaired) electrons. The van der Waals surface area contributed by atoms with Crippen LogP contribution in [-0.4, -0.2) is 23.0 Å². The molecule has 0 aliphatic heterocycles. The molecule has 1 aromatic rings. The lowest BCUT2D eigenvalue weighted by Crippen LogP contribution is -2.34. The quantitative estimate of drug-likeness (QED) is 0.774. The first-order valence-electron chi connectivity index (χ1n) is 5.56. The zero-order valence-corrected chi connectivity index (χ0v) is 10.5. The second kappa shape index (κ2) is 6.93. The van der Waals surface area contributed by atoms with E-state index in [2.05, 4.69) is 0 Å². The van der Waals surface area contributed by atoms with Gasteiger partial charge in [0.25, 0.3) is 0 Å². The Morgan fingerprint density at radius 2 is 2.06 bits per heavy atom. The number of rotatable bonds is 6. The normalized spacial score (nSPS) is 14.6. The van der Waals surface area contributed by atoms with Gasteiger partial charge in [0.2, 0.25) is 0 Å². The van der Waals surface area contributed by atoms with Crippen LogP contribution in [-0.2, 0) is 0 Å². The SMILES string of the molecule is CCCC(N)C(CO)Sc1ccc(F)c(F)c1. The second-order valence-electron chi connectivity index (χ2n) is 3.87. The maximum atomic E-state index is 13.0. The summed E-state index contributed by atoms with van der Waals surface area (Å²) in [7, 11) is 0. The van der Waals surface area contributed by atoms with Crippen molar-refractivity contribution in [2.45, 2.75) is 36.0 Å². The molecule has 5 heteroatoms. The van der Waals surface area contributed by atoms with E-state index in [1.165, 1.54) is 17.8 Å². The van der Waals surface area contributed by atoms with Crippen molar-refractivity contribution in [1.29, 1.82) is 0 Å². The van der Waals surface area contributed by atoms with Crippen LogP contribution in [0.3, 0.4) is 0 Å². The smallest absolute Gasteiger partial charge is 0.159 e. The fourth-order valence-corrected chi connectivity index (χ4v) is 2.56. The highest BCUT2D eigenvalue weighted by Gasteiger charge is 2.18. The van der Waals surface area contributed by atoms with E-state index in [9.17, 15) is 13.9 Å². The van der Waals surface area contributed by atoms with Crippen LogP contribution in [0.5, 0.6) is 0 Å². The minimum Gasteiger partial charge on any atom is -0.395 e. The average molecular weight is 261 g/mol. The summed E-state index contributed by atoms with van der Waals surface area (Å²) in [6.45, 7) is 1.93. The van der Waals surface area contributed by atoms with E-state index in [1.807, 2.05) is 6.92 Å². The molecule has 0 aromatic heterocycles. The van der Waals surface area contributed by atoms with Gasteiger partial charge in [-0.15, -0.1) is 11.8 Å². The third-order valence-electron chi connectivity index (χ3n) is 2.46. The number of hydrogen-bond acceptors (Lipinski definition) is 3. The molecule has 0 saturated carbocycles. The van der Waals surface area contributed by atoms with Gasteiger partial charge in [0.1, 0.15) is 0 Å². The number of aliphatic hydroxyl groups is 1. The highest BCUT2D eigenvalue weighted by Crippen LogP contribution is 2.27. The van der Waals surface area contributed by atoms with E-state index in [0.717, 1.165) is 25.0 Å². The van der Waals surface area contributed by atoms with E-state index >= 15 is 0 Å². The monoisotopic (exact) mass is 261 g/mol. The maximum absolute atomic E-state index is 13.0. The molecular weight excluding hydrogens is 244 g/mol. The number of hydrogen-bond donors (Lipinski definition) is 2. The standard InChI is InChI=1S/C12H17F2NOS/c1-2-3-11(15)12(7-16)17-8-4-5-9(13)10(14)6-8/h4-6,11-12,16H,2-3,7,15H2,1H3. The van der Waals surface area contributed by atoms with Gasteiger partial charge in [-0.1, -0.05) is 13.3 Å². The lowest BCUT2D eigenvalue weighted by Gasteiger charge is -2.20. The van der Waals surface area contributed by atoms with Crippen LogP contribution in [0.1, 0.15) is 19.8 Å². The number of halogens is 2. The van der Waals surface area contributed by atoms with Gasteiger partial charge in [-0.05, 0) is 24.6 Å². The van der Waals surface area contributed by atoms with Gasteiger partial charge < -0.3 is 10.8 Å². The molecule has 0 saturated heterocycles. The predicted octanol–water partition coefficient (Wildman–Crippen LogP) is 2.55. The van der Waals surface area contributed by atoms with Crippen molar-refractivity contribution in [2.75, 3.05) is 6.61 Å². The zero-order valence-electron chi connectivity index (χ0n) is 9.70. The Morgan fingerprint density at radius 1 is 1.35 bits per heavy atom. The van der Waals surface area contributed by atoms with Gasteiger partial charge in [0.05, 0.1) is 6.61 Å². The summed E-state index contributed by atoms with van der Waals surface area (Å²) in [5, 5.41) is 9.05. The third kappa shape index (κ3) is 4.26. The Kier molecular flexibility index (Phi) is 5.88. The van der Waals surface area contributed by atoms with Crippen molar-refractivity contribution < 1.29 is 13.9 Å². The van der Waals surface area contributed by atoms with Gasteiger partial charge in [-0.25, -0.2) is 8.78 Å². The van der Waals surface area contributed by atoms with Gasteiger partial charge in [-0.2, -0.15) is 0 Å². The molecule has 2 atom stereocenters. The molecule has 3 N–H and O–H groups in total. The summed E-state index contributed by atoms with van der Waals surface area (Å²) in [6.07, 6.45) is 1.72. The fraction of sp³-hybridized carbons (Fsp3) is 0.500. The highest BCUT2D eigenvalue weighted by atomic mass is 32.2. The Bertz CT molecular complexity index is 362. The summed E-state index contributed by atoms with van der Waals surface area (Å²) < 4.78 is 25.7. The number of thioether (sulfide) groups is 1. The van der Waals surface area contributed by atoms with Crippen LogP contribution in [0, 0.1) is 11.6 Å². The summed E-state index contributed by atoms with van der Waals surface area (Å²) in [5.74, 6) is -1.75. The molecule has 0 spiro atoms. The van der Waals surface area contributed by atoms with Crippen molar-refractivity contribution in [3.05, 3.63) is 29.8 Å². The molecule has 2 unspecified atom stereocenters. The van der Waals surface area contributed by atoms with Crippen molar-refractivity contribution in [2.24, 2.45) is 5.73 Å². The van der Waals surface area contributed by atoms with Gasteiger partial charge >= 0.3 is 0 Å². The van der Waals surface area contributed by atoms with Gasteiger partial charge in [-0.3, -0.25) is 0 Å². The molecule has 0 heterocycles. The van der Waals surface area contributed by atoms with Gasteiger partial charge in [0.15, 0.2) is 11.6 Å². The summed E-state index contributed by atoms with van der Waals surface area (Å²) >= 11 is 1.28. The Hall–Kier alpha value is -0.650. The van der Waals surface area contributed by atoms with Crippen LogP contribution in [0.25, 0.3) is 0 Å². The minimum absolute atomic E-state index is 0.0785. The van der Waals surface area contributed by atoms with Gasteiger partial charge in [0, 0.05) is 16.2 Å². The van der Waals surface area contributed by atoms with Crippen molar-refractivity contribution in [3.63, 3.8) is 0 Å². The molecule has 0 fully saturated rings. The van der Waals surface area contributed by atoms with Crippen molar-refractivity contribution in [1.82, 2.24) is 0 Å². The number of nitrogens with two attached hydrogens (primary N) is 1. The Labute approximate surface area is 104 Å². The average Bonchev–Trinajstić information content (AvgIpc) is 2.30. The molecule has 96 valence electrons. The molecule has 17 heavy (non-hydrogen) atoms. The topological polar surface area (TPSA) is 46.2 Å². The van der Waals surface area contributed by atoms with E-state index in [-0.39, 0.29) is 17.9 Å². The third-order valence-corrected chi connectivity index (χ3v) is 3.79. The van der Waals surface area contributed by atoms with Crippen molar-refractivity contribution in [3.8, 4) is 0 Å². The van der Waals surface area contributed by atoms with Crippen LogP contribution in [0.2, 0.25) is 0 Å². The van der Waals surface area contributed by atoms with Crippen LogP contribution in [0.4, 0.5) is 8.78 Å². The largest absolute Gasteiger partial charge is 0.395 e. The lowest BCUT2D eigenvalue weighted by atomic mass is 10.1. The molecule has 0 aliphatic carbocycles. The minimum atomic E-state index is -0.879. The van der Waals surface area contributed by atoms with E-state index < -0.39 is 11.6 Å². The van der Waals surface area contributed by atoms with Crippen molar-refractivity contribution >= 4 is 11.8 Å². The summed E-state index contributed by atoms with van der Waals surface area (Å²) in [6, 6.07) is 3.55. The number of aliphatic hydroxyl groups excluding tert-OH is 1. The lowest BCUT2D eigenvalue weighted by molar-refractivity contribution is 0.279. The fourth-order valence-electron chi connectivity index (χ4n) is 1.50. The summed E-state index contributed by atoms with van der Waals surface area (Å²) in [5.41, 5.74) is 5.91. The highest BCUT2D eigenvalue weighted by molar-refractivity contribution is 8.00. The summed E-state index contributed by atoms with van der Waals surface area (Å²) in [4.78, 5) is 0.578. The Balaban J connectivity index is 2.70. The molecular formula is C12H17F2NOS. The first-order valence-corrected chi connectivity index (χ1v) is 6.44. The van der Waals surface area contributed by atoms with E-state index in [0.29, 0.717) is 4.90 Å². The van der Waals surface area contributed by atoms with Crippen LogP contribution < -0.4 is 5.73 Å². The molecule has 0 amide bonds. The molecule has 1 rings (SSSR count). The van der Waals surface area contributed by atoms with E-state index in [1.54, 1.807) is 0 Å². The van der Waals surface area contributed by atoms with Crippen LogP contribution >= 0.6 is 11.8 Å².